The predicted molar refractivity (Wildman–Crippen MR) is 94.7 cm³/mol. The van der Waals surface area contributed by atoms with Crippen LogP contribution in [-0.4, -0.2) is 35.4 Å². The molecule has 0 bridgehead atoms. The van der Waals surface area contributed by atoms with Gasteiger partial charge in [0.2, 0.25) is 0 Å². The highest BCUT2D eigenvalue weighted by atomic mass is 15.3. The number of nitrogens with one attached hydrogen (secondary N) is 2. The zero-order valence-corrected chi connectivity index (χ0v) is 14.9. The summed E-state index contributed by atoms with van der Waals surface area (Å²) in [4.78, 5) is 4.85. The molecule has 3 rings (SSSR count). The fourth-order valence-corrected chi connectivity index (χ4v) is 3.47. The minimum absolute atomic E-state index is 0.575. The van der Waals surface area contributed by atoms with Gasteiger partial charge in [-0.05, 0) is 70.3 Å². The van der Waals surface area contributed by atoms with E-state index in [1.807, 2.05) is 6.92 Å². The number of aliphatic imine (C=N–C) groups is 1. The molecule has 0 saturated heterocycles. The summed E-state index contributed by atoms with van der Waals surface area (Å²) in [6.07, 6.45) is 6.70. The van der Waals surface area contributed by atoms with Gasteiger partial charge in [-0.15, -0.1) is 0 Å². The van der Waals surface area contributed by atoms with Crippen LogP contribution in [0.25, 0.3) is 0 Å². The second-order valence-electron chi connectivity index (χ2n) is 7.26. The zero-order chi connectivity index (χ0) is 16.3. The fraction of sp³-hybridized carbons (Fsp3) is 0.778. The average molecular weight is 317 g/mol. The number of hydrogen-bond donors (Lipinski definition) is 2. The monoisotopic (exact) mass is 317 g/mol. The van der Waals surface area contributed by atoms with Crippen molar-refractivity contribution in [1.29, 1.82) is 0 Å². The van der Waals surface area contributed by atoms with Crippen LogP contribution in [0.3, 0.4) is 0 Å². The molecule has 2 fully saturated rings. The van der Waals surface area contributed by atoms with Crippen molar-refractivity contribution in [1.82, 2.24) is 20.4 Å². The van der Waals surface area contributed by atoms with E-state index < -0.39 is 0 Å². The van der Waals surface area contributed by atoms with Gasteiger partial charge in [0.05, 0.1) is 5.69 Å². The van der Waals surface area contributed by atoms with E-state index in [-0.39, 0.29) is 0 Å². The summed E-state index contributed by atoms with van der Waals surface area (Å²) in [6.45, 7) is 10.1. The van der Waals surface area contributed by atoms with Gasteiger partial charge in [-0.1, -0.05) is 0 Å². The number of nitrogens with zero attached hydrogens (tertiary/aromatic N) is 3. The molecular formula is C18H31N5. The highest BCUT2D eigenvalue weighted by Gasteiger charge is 2.53. The van der Waals surface area contributed by atoms with E-state index >= 15 is 0 Å². The lowest BCUT2D eigenvalue weighted by Gasteiger charge is -2.15. The summed E-state index contributed by atoms with van der Waals surface area (Å²) in [5.74, 6) is 1.95. The molecule has 1 heterocycles. The first-order chi connectivity index (χ1) is 11.1. The van der Waals surface area contributed by atoms with Crippen molar-refractivity contribution in [2.24, 2.45) is 16.3 Å². The number of rotatable bonds is 8. The van der Waals surface area contributed by atoms with Crippen molar-refractivity contribution in [3.63, 3.8) is 0 Å². The molecule has 128 valence electrons. The third kappa shape index (κ3) is 4.27. The molecule has 0 radical (unpaired) electrons. The predicted octanol–water partition coefficient (Wildman–Crippen LogP) is 2.64. The molecular weight excluding hydrogens is 286 g/mol. The zero-order valence-electron chi connectivity index (χ0n) is 14.9. The van der Waals surface area contributed by atoms with Gasteiger partial charge in [0.15, 0.2) is 5.96 Å². The van der Waals surface area contributed by atoms with E-state index in [1.54, 1.807) is 0 Å². The Labute approximate surface area is 139 Å². The van der Waals surface area contributed by atoms with E-state index in [4.69, 9.17) is 4.99 Å². The average Bonchev–Trinajstić information content (AvgIpc) is 3.40. The highest BCUT2D eigenvalue weighted by molar-refractivity contribution is 5.79. The molecule has 5 nitrogen and oxygen atoms in total. The molecule has 0 atom stereocenters. The smallest absolute Gasteiger partial charge is 0.191 e. The van der Waals surface area contributed by atoms with Crippen molar-refractivity contribution >= 4 is 5.96 Å². The number of hydrogen-bond acceptors (Lipinski definition) is 2. The molecule has 0 spiro atoms. The van der Waals surface area contributed by atoms with Crippen LogP contribution < -0.4 is 10.6 Å². The number of aryl methyl sites for hydroxylation is 3. The molecule has 0 amide bonds. The quantitative estimate of drug-likeness (QED) is 0.440. The van der Waals surface area contributed by atoms with Crippen LogP contribution >= 0.6 is 0 Å². The molecule has 2 aliphatic carbocycles. The maximum Gasteiger partial charge on any atom is 0.191 e. The van der Waals surface area contributed by atoms with Crippen LogP contribution in [0.4, 0.5) is 0 Å². The van der Waals surface area contributed by atoms with Crippen LogP contribution in [0.2, 0.25) is 0 Å². The first-order valence-electron chi connectivity index (χ1n) is 9.16. The van der Waals surface area contributed by atoms with Crippen LogP contribution in [0.5, 0.6) is 0 Å². The van der Waals surface area contributed by atoms with Gasteiger partial charge < -0.3 is 10.6 Å². The van der Waals surface area contributed by atoms with E-state index in [0.29, 0.717) is 5.41 Å². The van der Waals surface area contributed by atoms with Gasteiger partial charge in [0, 0.05) is 31.9 Å². The standard InChI is InChI=1S/C18H31N5/c1-4-19-17(21-13-18(8-9-18)16-6-7-16)20-10-5-11-23-15(3)12-14(2)22-23/h12,16H,4-11,13H2,1-3H3,(H2,19,20,21). The molecule has 0 aromatic carbocycles. The van der Waals surface area contributed by atoms with Crippen LogP contribution in [0.1, 0.15) is 50.4 Å². The van der Waals surface area contributed by atoms with Crippen molar-refractivity contribution < 1.29 is 0 Å². The Kier molecular flexibility index (Phi) is 4.93. The summed E-state index contributed by atoms with van der Waals surface area (Å²) in [6, 6.07) is 2.13. The highest BCUT2D eigenvalue weighted by Crippen LogP contribution is 2.61. The van der Waals surface area contributed by atoms with E-state index in [0.717, 1.165) is 50.2 Å². The normalized spacial score (nSPS) is 19.7. The lowest BCUT2D eigenvalue weighted by Crippen LogP contribution is -2.38. The summed E-state index contributed by atoms with van der Waals surface area (Å²) >= 11 is 0. The Morgan fingerprint density at radius 3 is 2.70 bits per heavy atom. The molecule has 2 saturated carbocycles. The van der Waals surface area contributed by atoms with Crippen LogP contribution in [0.15, 0.2) is 11.1 Å². The Bertz CT molecular complexity index is 552. The third-order valence-corrected chi connectivity index (χ3v) is 5.17. The molecule has 0 unspecified atom stereocenters. The molecule has 2 N–H and O–H groups in total. The van der Waals surface area contributed by atoms with Gasteiger partial charge >= 0.3 is 0 Å². The van der Waals surface area contributed by atoms with Gasteiger partial charge in [-0.3, -0.25) is 9.67 Å². The van der Waals surface area contributed by atoms with E-state index in [1.165, 1.54) is 31.4 Å². The minimum Gasteiger partial charge on any atom is -0.357 e. The second kappa shape index (κ2) is 6.93. The van der Waals surface area contributed by atoms with Gasteiger partial charge in [0.25, 0.3) is 0 Å². The minimum atomic E-state index is 0.575. The largest absolute Gasteiger partial charge is 0.357 e. The van der Waals surface area contributed by atoms with Crippen molar-refractivity contribution in [2.75, 3.05) is 19.6 Å². The van der Waals surface area contributed by atoms with Gasteiger partial charge in [-0.2, -0.15) is 5.10 Å². The SMILES string of the molecule is CCNC(=NCC1(C2CC2)CC1)NCCCn1nc(C)cc1C. The Balaban J connectivity index is 1.43. The summed E-state index contributed by atoms with van der Waals surface area (Å²) in [5.41, 5.74) is 2.91. The molecule has 2 aliphatic rings. The maximum atomic E-state index is 4.85. The van der Waals surface area contributed by atoms with Crippen LogP contribution in [0, 0.1) is 25.2 Å². The first-order valence-corrected chi connectivity index (χ1v) is 9.16. The number of aromatic nitrogens is 2. The first kappa shape index (κ1) is 16.3. The van der Waals surface area contributed by atoms with Crippen LogP contribution in [-0.2, 0) is 6.54 Å². The third-order valence-electron chi connectivity index (χ3n) is 5.17. The topological polar surface area (TPSA) is 54.2 Å². The summed E-state index contributed by atoms with van der Waals surface area (Å²) in [7, 11) is 0. The van der Waals surface area contributed by atoms with Gasteiger partial charge in [-0.25, -0.2) is 0 Å². The molecule has 5 heteroatoms. The number of guanidine groups is 1. The lowest BCUT2D eigenvalue weighted by molar-refractivity contribution is 0.452. The summed E-state index contributed by atoms with van der Waals surface area (Å²) < 4.78 is 2.09. The molecule has 1 aromatic rings. The molecule has 0 aliphatic heterocycles. The lowest BCUT2D eigenvalue weighted by atomic mass is 10.0. The summed E-state index contributed by atoms with van der Waals surface area (Å²) in [5, 5.41) is 11.4. The Morgan fingerprint density at radius 2 is 2.13 bits per heavy atom. The van der Waals surface area contributed by atoms with E-state index in [2.05, 4.69) is 40.3 Å². The second-order valence-corrected chi connectivity index (χ2v) is 7.26. The van der Waals surface area contributed by atoms with Crippen molar-refractivity contribution in [3.8, 4) is 0 Å². The maximum absolute atomic E-state index is 4.85. The van der Waals surface area contributed by atoms with E-state index in [9.17, 15) is 0 Å². The molecule has 1 aromatic heterocycles. The van der Waals surface area contributed by atoms with Crippen molar-refractivity contribution in [3.05, 3.63) is 17.5 Å². The molecule has 23 heavy (non-hydrogen) atoms. The van der Waals surface area contributed by atoms with Crippen molar-refractivity contribution in [2.45, 2.75) is 59.4 Å². The fourth-order valence-electron chi connectivity index (χ4n) is 3.47. The van der Waals surface area contributed by atoms with Gasteiger partial charge in [0.1, 0.15) is 0 Å². The Morgan fingerprint density at radius 1 is 1.35 bits per heavy atom. The Hall–Kier alpha value is -1.52.